The molecule has 180 valence electrons. The topological polar surface area (TPSA) is 57.7 Å². The molecular weight excluding hydrogens is 467 g/mol. The van der Waals surface area contributed by atoms with Crippen molar-refractivity contribution in [2.45, 2.75) is 12.1 Å². The van der Waals surface area contributed by atoms with E-state index in [0.717, 1.165) is 26.9 Å². The van der Waals surface area contributed by atoms with Crippen LogP contribution in [-0.4, -0.2) is 29.7 Å². The van der Waals surface area contributed by atoms with E-state index in [1.54, 1.807) is 24.3 Å². The molecule has 4 aromatic rings. The number of imide groups is 1. The zero-order valence-corrected chi connectivity index (χ0v) is 19.6. The minimum absolute atomic E-state index is 0.199. The van der Waals surface area contributed by atoms with Crippen LogP contribution in [0.3, 0.4) is 0 Å². The van der Waals surface area contributed by atoms with E-state index >= 15 is 0 Å². The number of fused-ring (bicyclic) bond motifs is 7. The van der Waals surface area contributed by atoms with Gasteiger partial charge in [-0.25, -0.2) is 9.29 Å². The van der Waals surface area contributed by atoms with Gasteiger partial charge in [-0.1, -0.05) is 72.8 Å². The van der Waals surface area contributed by atoms with Crippen molar-refractivity contribution < 1.29 is 18.8 Å². The van der Waals surface area contributed by atoms with Gasteiger partial charge in [0.2, 0.25) is 11.8 Å². The molecule has 37 heavy (non-hydrogen) atoms. The summed E-state index contributed by atoms with van der Waals surface area (Å²) in [5, 5.41) is 2.12. The molecule has 0 saturated carbocycles. The Bertz CT molecular complexity index is 1630. The maximum Gasteiger partial charge on any atom is 0.240 e. The summed E-state index contributed by atoms with van der Waals surface area (Å²) in [7, 11) is 0. The average Bonchev–Trinajstić information content (AvgIpc) is 3.41. The predicted octanol–water partition coefficient (Wildman–Crippen LogP) is 5.25. The second kappa shape index (κ2) is 7.96. The molecule has 4 atom stereocenters. The van der Waals surface area contributed by atoms with Crippen LogP contribution in [0.5, 0.6) is 0 Å². The first-order valence-corrected chi connectivity index (χ1v) is 12.3. The second-order valence-corrected chi connectivity index (χ2v) is 9.69. The number of hydrogen-bond donors (Lipinski definition) is 0. The fourth-order valence-corrected chi connectivity index (χ4v) is 6.24. The molecule has 0 N–H and O–H groups in total. The number of rotatable bonds is 3. The predicted molar refractivity (Wildman–Crippen MR) is 140 cm³/mol. The van der Waals surface area contributed by atoms with E-state index in [4.69, 9.17) is 0 Å². The highest BCUT2D eigenvalue weighted by atomic mass is 19.1. The van der Waals surface area contributed by atoms with Gasteiger partial charge in [-0.3, -0.25) is 14.4 Å². The number of anilines is 2. The SMILES string of the molecule is O=C(c1ccccc1)[C@@H]1[C@@H]2C(=O)N(c3ccc(F)cc3)C(=O)[C@@H]2[C@H]2C=Cc3c(ccc4ccccc34)N21. The van der Waals surface area contributed by atoms with Gasteiger partial charge in [0.25, 0.3) is 0 Å². The molecule has 4 aromatic carbocycles. The van der Waals surface area contributed by atoms with E-state index in [-0.39, 0.29) is 11.7 Å². The maximum atomic E-state index is 14.1. The molecular formula is C31H21FN2O3. The van der Waals surface area contributed by atoms with Crippen LogP contribution in [0.15, 0.2) is 97.1 Å². The van der Waals surface area contributed by atoms with Crippen molar-refractivity contribution in [2.75, 3.05) is 9.80 Å². The molecule has 0 unspecified atom stereocenters. The summed E-state index contributed by atoms with van der Waals surface area (Å²) >= 11 is 0. The van der Waals surface area contributed by atoms with Crippen LogP contribution in [-0.2, 0) is 9.59 Å². The molecule has 0 spiro atoms. The first-order chi connectivity index (χ1) is 18.0. The molecule has 0 radical (unpaired) electrons. The van der Waals surface area contributed by atoms with Crippen molar-refractivity contribution in [1.29, 1.82) is 0 Å². The Hall–Kier alpha value is -4.58. The molecule has 3 heterocycles. The Morgan fingerprint density at radius 2 is 1.46 bits per heavy atom. The number of carbonyl (C=O) groups is 3. The Kier molecular flexibility index (Phi) is 4.67. The summed E-state index contributed by atoms with van der Waals surface area (Å²) in [5.74, 6) is -3.04. The zero-order chi connectivity index (χ0) is 25.3. The Morgan fingerprint density at radius 3 is 2.24 bits per heavy atom. The minimum atomic E-state index is -0.864. The van der Waals surface area contributed by atoms with Crippen LogP contribution < -0.4 is 9.80 Å². The van der Waals surface area contributed by atoms with Crippen molar-refractivity contribution in [2.24, 2.45) is 11.8 Å². The Balaban J connectivity index is 1.40. The van der Waals surface area contributed by atoms with Gasteiger partial charge < -0.3 is 4.90 Å². The third kappa shape index (κ3) is 3.05. The summed E-state index contributed by atoms with van der Waals surface area (Å²) in [6.07, 6.45) is 3.95. The lowest BCUT2D eigenvalue weighted by atomic mass is 9.86. The zero-order valence-electron chi connectivity index (χ0n) is 19.6. The van der Waals surface area contributed by atoms with Gasteiger partial charge >= 0.3 is 0 Å². The van der Waals surface area contributed by atoms with Crippen molar-refractivity contribution in [1.82, 2.24) is 0 Å². The molecule has 2 saturated heterocycles. The quantitative estimate of drug-likeness (QED) is 0.292. The lowest BCUT2D eigenvalue weighted by Gasteiger charge is -2.37. The van der Waals surface area contributed by atoms with Crippen LogP contribution in [0.1, 0.15) is 15.9 Å². The van der Waals surface area contributed by atoms with Gasteiger partial charge in [-0.2, -0.15) is 0 Å². The molecule has 3 aliphatic rings. The van der Waals surface area contributed by atoms with Gasteiger partial charge in [0.1, 0.15) is 11.9 Å². The number of carbonyl (C=O) groups excluding carboxylic acids is 3. The van der Waals surface area contributed by atoms with Crippen LogP contribution in [0.2, 0.25) is 0 Å². The van der Waals surface area contributed by atoms with Gasteiger partial charge in [0.05, 0.1) is 23.6 Å². The van der Waals surface area contributed by atoms with Crippen LogP contribution >= 0.6 is 0 Å². The number of hydrogen-bond acceptors (Lipinski definition) is 4. The lowest BCUT2D eigenvalue weighted by Crippen LogP contribution is -2.48. The van der Waals surface area contributed by atoms with Crippen molar-refractivity contribution in [3.63, 3.8) is 0 Å². The highest BCUT2D eigenvalue weighted by Crippen LogP contribution is 2.50. The minimum Gasteiger partial charge on any atom is -0.352 e. The third-order valence-corrected chi connectivity index (χ3v) is 7.82. The number of Topliss-reactive ketones (excluding diaryl/α,β-unsaturated/α-hetero) is 1. The van der Waals surface area contributed by atoms with E-state index < -0.39 is 35.6 Å². The molecule has 3 aliphatic heterocycles. The van der Waals surface area contributed by atoms with Crippen LogP contribution in [0.25, 0.3) is 16.8 Å². The number of halogens is 1. The van der Waals surface area contributed by atoms with Gasteiger partial charge in [0.15, 0.2) is 5.78 Å². The summed E-state index contributed by atoms with van der Waals surface area (Å²) < 4.78 is 13.6. The molecule has 0 aromatic heterocycles. The van der Waals surface area contributed by atoms with Crippen molar-refractivity contribution in [3.05, 3.63) is 114 Å². The van der Waals surface area contributed by atoms with E-state index in [1.165, 1.54) is 24.3 Å². The van der Waals surface area contributed by atoms with E-state index in [2.05, 4.69) is 0 Å². The maximum absolute atomic E-state index is 14.1. The standard InChI is InChI=1S/C31H21FN2O3/c32-20-11-13-21(14-12-20)33-30(36)26-25-17-15-23-22-9-5-4-6-18(22)10-16-24(23)34(25)28(27(26)31(33)37)29(35)19-7-2-1-3-8-19/h1-17,25-28H/t25-,26-,27-,28+/m1/s1. The molecule has 0 bridgehead atoms. The van der Waals surface area contributed by atoms with Crippen molar-refractivity contribution in [3.8, 4) is 0 Å². The number of amides is 2. The summed E-state index contributed by atoms with van der Waals surface area (Å²) in [6, 6.07) is 24.9. The monoisotopic (exact) mass is 488 g/mol. The molecule has 2 amide bonds. The highest BCUT2D eigenvalue weighted by molar-refractivity contribution is 6.25. The molecule has 0 aliphatic carbocycles. The first kappa shape index (κ1) is 21.7. The number of nitrogens with zero attached hydrogens (tertiary/aromatic N) is 2. The molecule has 6 heteroatoms. The normalized spacial score (nSPS) is 23.8. The van der Waals surface area contributed by atoms with Gasteiger partial charge in [-0.05, 0) is 41.1 Å². The van der Waals surface area contributed by atoms with Gasteiger partial charge in [0, 0.05) is 16.8 Å². The van der Waals surface area contributed by atoms with Crippen LogP contribution in [0.4, 0.5) is 15.8 Å². The third-order valence-electron chi connectivity index (χ3n) is 7.82. The highest BCUT2D eigenvalue weighted by Gasteiger charge is 2.64. The van der Waals surface area contributed by atoms with Crippen LogP contribution in [0, 0.1) is 17.7 Å². The first-order valence-electron chi connectivity index (χ1n) is 12.3. The molecule has 7 rings (SSSR count). The summed E-state index contributed by atoms with van der Waals surface area (Å²) in [4.78, 5) is 44.9. The van der Waals surface area contributed by atoms with E-state index in [9.17, 15) is 18.8 Å². The van der Waals surface area contributed by atoms with Gasteiger partial charge in [-0.15, -0.1) is 0 Å². The number of ketones is 1. The number of benzene rings is 4. The molecule has 5 nitrogen and oxygen atoms in total. The summed E-state index contributed by atoms with van der Waals surface area (Å²) in [6.45, 7) is 0. The molecule has 2 fully saturated rings. The second-order valence-electron chi connectivity index (χ2n) is 9.69. The van der Waals surface area contributed by atoms with E-state index in [0.29, 0.717) is 11.3 Å². The van der Waals surface area contributed by atoms with E-state index in [1.807, 2.05) is 59.5 Å². The Labute approximate surface area is 212 Å². The Morgan fingerprint density at radius 1 is 0.757 bits per heavy atom. The fourth-order valence-electron chi connectivity index (χ4n) is 6.24. The summed E-state index contributed by atoms with van der Waals surface area (Å²) in [5.41, 5.74) is 2.61. The van der Waals surface area contributed by atoms with Crippen molar-refractivity contribution >= 4 is 45.8 Å². The largest absolute Gasteiger partial charge is 0.352 e. The lowest BCUT2D eigenvalue weighted by molar-refractivity contribution is -0.122. The average molecular weight is 489 g/mol. The smallest absolute Gasteiger partial charge is 0.240 e. The fraction of sp³-hybridized carbons (Fsp3) is 0.129.